The smallest absolute Gasteiger partial charge is 0.246 e. The Morgan fingerprint density at radius 3 is 2.88 bits per heavy atom. The number of ether oxygens (including phenoxy) is 1. The molecule has 8 nitrogen and oxygen atoms in total. The molecule has 1 spiro atoms. The van der Waals surface area contributed by atoms with E-state index in [2.05, 4.69) is 32.4 Å². The number of aryl methyl sites for hydroxylation is 1. The maximum Gasteiger partial charge on any atom is 0.246 e. The third-order valence-corrected chi connectivity index (χ3v) is 5.20. The molecule has 1 atom stereocenters. The molecule has 130 valence electrons. The van der Waals surface area contributed by atoms with E-state index in [-0.39, 0.29) is 11.7 Å². The molecule has 1 aliphatic carbocycles. The van der Waals surface area contributed by atoms with Crippen molar-refractivity contribution in [1.82, 2.24) is 30.0 Å². The van der Waals surface area contributed by atoms with Crippen LogP contribution in [0.25, 0.3) is 0 Å². The molecule has 3 heterocycles. The van der Waals surface area contributed by atoms with Gasteiger partial charge < -0.3 is 9.64 Å². The summed E-state index contributed by atoms with van der Waals surface area (Å²) in [5.41, 5.74) is 1.05. The summed E-state index contributed by atoms with van der Waals surface area (Å²) in [5.74, 6) is 0.830. The maximum atomic E-state index is 6.37. The van der Waals surface area contributed by atoms with Gasteiger partial charge in [-0.2, -0.15) is 5.10 Å². The minimum Gasteiger partial charge on any atom is -0.368 e. The van der Waals surface area contributed by atoms with Gasteiger partial charge in [-0.3, -0.25) is 4.68 Å². The molecular formula is C16H25N7O. The Morgan fingerprint density at radius 2 is 2.12 bits per heavy atom. The van der Waals surface area contributed by atoms with Crippen molar-refractivity contribution in [2.45, 2.75) is 57.3 Å². The lowest BCUT2D eigenvalue weighted by Crippen LogP contribution is -2.56. The van der Waals surface area contributed by atoms with Gasteiger partial charge >= 0.3 is 0 Å². The first-order chi connectivity index (χ1) is 11.7. The van der Waals surface area contributed by atoms with Crippen LogP contribution >= 0.6 is 0 Å². The molecule has 4 rings (SSSR count). The molecule has 2 aromatic rings. The van der Waals surface area contributed by atoms with Crippen molar-refractivity contribution in [3.05, 3.63) is 18.0 Å². The number of aromatic nitrogens is 6. The Morgan fingerprint density at radius 1 is 1.29 bits per heavy atom. The largest absolute Gasteiger partial charge is 0.368 e. The van der Waals surface area contributed by atoms with Crippen molar-refractivity contribution >= 4 is 5.95 Å². The molecule has 0 amide bonds. The van der Waals surface area contributed by atoms with Crippen molar-refractivity contribution in [2.24, 2.45) is 7.05 Å². The first kappa shape index (κ1) is 15.6. The highest BCUT2D eigenvalue weighted by molar-refractivity contribution is 5.31. The highest BCUT2D eigenvalue weighted by Gasteiger charge is 2.41. The van der Waals surface area contributed by atoms with Gasteiger partial charge in [0.15, 0.2) is 0 Å². The minimum atomic E-state index is -0.0285. The summed E-state index contributed by atoms with van der Waals surface area (Å²) in [4.78, 5) is 2.30. The molecule has 1 aliphatic heterocycles. The Hall–Kier alpha value is -1.96. The van der Waals surface area contributed by atoms with Crippen molar-refractivity contribution in [1.29, 1.82) is 0 Å². The first-order valence-electron chi connectivity index (χ1n) is 8.81. The van der Waals surface area contributed by atoms with Crippen LogP contribution in [0.4, 0.5) is 5.95 Å². The van der Waals surface area contributed by atoms with Crippen LogP contribution in [-0.2, 0) is 18.3 Å². The molecule has 8 heteroatoms. The van der Waals surface area contributed by atoms with Crippen molar-refractivity contribution < 1.29 is 4.74 Å². The van der Waals surface area contributed by atoms with Gasteiger partial charge in [-0.05, 0) is 36.3 Å². The van der Waals surface area contributed by atoms with E-state index in [1.54, 1.807) is 6.20 Å². The van der Waals surface area contributed by atoms with E-state index in [0.29, 0.717) is 6.54 Å². The number of anilines is 1. The van der Waals surface area contributed by atoms with Gasteiger partial charge in [0.25, 0.3) is 0 Å². The predicted molar refractivity (Wildman–Crippen MR) is 88.7 cm³/mol. The van der Waals surface area contributed by atoms with Crippen LogP contribution in [0.5, 0.6) is 0 Å². The fraction of sp³-hybridized carbons (Fsp3) is 0.750. The van der Waals surface area contributed by atoms with Crippen LogP contribution in [-0.4, -0.2) is 54.8 Å². The third-order valence-electron chi connectivity index (χ3n) is 5.20. The van der Waals surface area contributed by atoms with Gasteiger partial charge in [0.05, 0.1) is 30.5 Å². The molecule has 0 aromatic carbocycles. The third kappa shape index (κ3) is 2.90. The summed E-state index contributed by atoms with van der Waals surface area (Å²) in [6.45, 7) is 4.48. The topological polar surface area (TPSA) is 73.9 Å². The molecular weight excluding hydrogens is 306 g/mol. The molecule has 1 unspecified atom stereocenters. The Labute approximate surface area is 141 Å². The molecule has 0 N–H and O–H groups in total. The zero-order chi connectivity index (χ0) is 16.6. The van der Waals surface area contributed by atoms with Gasteiger partial charge in [0.1, 0.15) is 0 Å². The molecule has 0 radical (unpaired) electrons. The number of morpholine rings is 1. The number of tetrazole rings is 1. The quantitative estimate of drug-likeness (QED) is 0.846. The zero-order valence-corrected chi connectivity index (χ0v) is 14.4. The van der Waals surface area contributed by atoms with E-state index in [0.717, 1.165) is 37.6 Å². The van der Waals surface area contributed by atoms with E-state index in [9.17, 15) is 0 Å². The highest BCUT2D eigenvalue weighted by Crippen LogP contribution is 2.37. The Kier molecular flexibility index (Phi) is 3.99. The second kappa shape index (κ2) is 6.16. The van der Waals surface area contributed by atoms with Crippen molar-refractivity contribution in [2.75, 3.05) is 18.0 Å². The van der Waals surface area contributed by atoms with Gasteiger partial charge in [-0.1, -0.05) is 24.4 Å². The van der Waals surface area contributed by atoms with E-state index < -0.39 is 0 Å². The zero-order valence-electron chi connectivity index (χ0n) is 14.4. The summed E-state index contributed by atoms with van der Waals surface area (Å²) in [7, 11) is 1.94. The summed E-state index contributed by atoms with van der Waals surface area (Å²) < 4.78 is 10.1. The van der Waals surface area contributed by atoms with E-state index in [4.69, 9.17) is 4.74 Å². The second-order valence-corrected chi connectivity index (χ2v) is 7.14. The lowest BCUT2D eigenvalue weighted by molar-refractivity contribution is -0.117. The lowest BCUT2D eigenvalue weighted by atomic mass is 9.83. The van der Waals surface area contributed by atoms with Gasteiger partial charge in [-0.15, -0.1) is 0 Å². The highest BCUT2D eigenvalue weighted by atomic mass is 16.5. The van der Waals surface area contributed by atoms with E-state index >= 15 is 0 Å². The average Bonchev–Trinajstić information content (AvgIpc) is 3.17. The van der Waals surface area contributed by atoms with Crippen LogP contribution in [0, 0.1) is 0 Å². The van der Waals surface area contributed by atoms with Crippen molar-refractivity contribution in [3.63, 3.8) is 0 Å². The number of nitrogens with zero attached hydrogens (tertiary/aromatic N) is 7. The Bertz CT molecular complexity index is 688. The van der Waals surface area contributed by atoms with Gasteiger partial charge in [0.2, 0.25) is 5.95 Å². The average molecular weight is 331 g/mol. The molecule has 1 saturated carbocycles. The van der Waals surface area contributed by atoms with Crippen LogP contribution in [0.3, 0.4) is 0 Å². The standard InChI is InChI=1S/C16H25N7O/c1-13-10-22(12-16(24-13)7-4-3-5-8-16)15-18-19-20-23(15)11-14-6-9-17-21(14)2/h6,9,13H,3-5,7-8,10-12H2,1-2H3. The SMILES string of the molecule is CC1CN(c2nnnn2Cc2ccnn2C)CC2(CCCCC2)O1. The van der Waals surface area contributed by atoms with Crippen LogP contribution < -0.4 is 4.90 Å². The summed E-state index contributed by atoms with van der Waals surface area (Å²) in [5, 5.41) is 16.6. The fourth-order valence-electron chi connectivity index (χ4n) is 4.09. The summed E-state index contributed by atoms with van der Waals surface area (Å²) in [6, 6.07) is 2.00. The molecule has 2 aromatic heterocycles. The van der Waals surface area contributed by atoms with E-state index in [1.807, 2.05) is 22.5 Å². The molecule has 0 bridgehead atoms. The summed E-state index contributed by atoms with van der Waals surface area (Å²) in [6.07, 6.45) is 8.08. The lowest BCUT2D eigenvalue weighted by Gasteiger charge is -2.47. The van der Waals surface area contributed by atoms with Gasteiger partial charge in [0, 0.05) is 19.8 Å². The van der Waals surface area contributed by atoms with Gasteiger partial charge in [-0.25, -0.2) is 4.68 Å². The second-order valence-electron chi connectivity index (χ2n) is 7.14. The number of hydrogen-bond donors (Lipinski definition) is 0. The fourth-order valence-corrected chi connectivity index (χ4v) is 4.09. The van der Waals surface area contributed by atoms with Crippen LogP contribution in [0.1, 0.15) is 44.7 Å². The summed E-state index contributed by atoms with van der Waals surface area (Å²) >= 11 is 0. The molecule has 1 saturated heterocycles. The van der Waals surface area contributed by atoms with Crippen molar-refractivity contribution in [3.8, 4) is 0 Å². The van der Waals surface area contributed by atoms with Crippen LogP contribution in [0.2, 0.25) is 0 Å². The molecule has 24 heavy (non-hydrogen) atoms. The molecule has 2 aliphatic rings. The van der Waals surface area contributed by atoms with Crippen LogP contribution in [0.15, 0.2) is 12.3 Å². The molecule has 2 fully saturated rings. The predicted octanol–water partition coefficient (Wildman–Crippen LogP) is 1.38. The number of rotatable bonds is 3. The number of hydrogen-bond acceptors (Lipinski definition) is 6. The normalized spacial score (nSPS) is 23.8. The Balaban J connectivity index is 1.57. The minimum absolute atomic E-state index is 0.0285. The maximum absolute atomic E-state index is 6.37. The van der Waals surface area contributed by atoms with E-state index in [1.165, 1.54) is 19.3 Å². The first-order valence-corrected chi connectivity index (χ1v) is 8.81. The monoisotopic (exact) mass is 331 g/mol.